The van der Waals surface area contributed by atoms with Crippen LogP contribution in [-0.4, -0.2) is 82.8 Å². The predicted molar refractivity (Wildman–Crippen MR) is 171 cm³/mol. The van der Waals surface area contributed by atoms with E-state index in [1.807, 2.05) is 45.0 Å². The maximum absolute atomic E-state index is 14.4. The van der Waals surface area contributed by atoms with Crippen LogP contribution in [0.25, 0.3) is 11.0 Å². The van der Waals surface area contributed by atoms with E-state index in [4.69, 9.17) is 4.74 Å². The zero-order chi connectivity index (χ0) is 31.2. The third-order valence-electron chi connectivity index (χ3n) is 8.88. The number of nitrogens with zero attached hydrogens (tertiary/aromatic N) is 4. The molecule has 4 heterocycles. The van der Waals surface area contributed by atoms with E-state index < -0.39 is 28.7 Å². The number of thioether (sulfide) groups is 1. The highest BCUT2D eigenvalue weighted by molar-refractivity contribution is 9.09. The van der Waals surface area contributed by atoms with Gasteiger partial charge < -0.3 is 25.4 Å². The number of anilines is 1. The first kappa shape index (κ1) is 30.8. The van der Waals surface area contributed by atoms with E-state index in [9.17, 15) is 19.5 Å². The maximum Gasteiger partial charge on any atom is 0.245 e. The molecule has 3 saturated heterocycles. The topological polar surface area (TPSA) is 139 Å². The van der Waals surface area contributed by atoms with E-state index in [0.717, 1.165) is 5.52 Å². The number of likely N-dealkylation sites (tertiary alicyclic amines) is 1. The molecule has 3 aromatic rings. The summed E-state index contributed by atoms with van der Waals surface area (Å²) in [5.41, 5.74) is 2.10. The van der Waals surface area contributed by atoms with Crippen LogP contribution in [0.3, 0.4) is 0 Å². The van der Waals surface area contributed by atoms with Crippen molar-refractivity contribution >= 4 is 62.1 Å². The SMILES string of the molecule is CCOc1ccc(NC(=O)[C@H]2[C@@H]3SC4(CC3Br)C(C(=O)NCn3nnc5ccccc53)N([C@@H](CO)CC(C)C)C(=O)[C@H]24)cc1. The van der Waals surface area contributed by atoms with Crippen molar-refractivity contribution in [2.75, 3.05) is 18.5 Å². The van der Waals surface area contributed by atoms with Crippen LogP contribution >= 0.6 is 27.7 Å². The number of carbonyl (C=O) groups is 3. The summed E-state index contributed by atoms with van der Waals surface area (Å²) in [4.78, 5) is 44.1. The molecule has 7 atom stereocenters. The summed E-state index contributed by atoms with van der Waals surface area (Å²) in [6.07, 6.45) is 1.07. The molecular formula is C31H37BrN6O5S. The maximum atomic E-state index is 14.4. The number of aliphatic hydroxyl groups is 1. The summed E-state index contributed by atoms with van der Waals surface area (Å²) >= 11 is 5.37. The van der Waals surface area contributed by atoms with Crippen molar-refractivity contribution in [3.63, 3.8) is 0 Å². The molecule has 0 aliphatic carbocycles. The number of alkyl halides is 1. The van der Waals surface area contributed by atoms with Crippen molar-refractivity contribution in [1.29, 1.82) is 0 Å². The average molecular weight is 686 g/mol. The molecular weight excluding hydrogens is 648 g/mol. The van der Waals surface area contributed by atoms with Crippen LogP contribution in [0.2, 0.25) is 0 Å². The quantitative estimate of drug-likeness (QED) is 0.261. The zero-order valence-corrected chi connectivity index (χ0v) is 27.3. The van der Waals surface area contributed by atoms with Gasteiger partial charge in [-0.25, -0.2) is 4.68 Å². The Morgan fingerprint density at radius 1 is 1.18 bits per heavy atom. The number of nitrogens with one attached hydrogen (secondary N) is 2. The summed E-state index contributed by atoms with van der Waals surface area (Å²) < 4.78 is 6.30. The Morgan fingerprint density at radius 3 is 2.64 bits per heavy atom. The molecule has 3 fully saturated rings. The minimum atomic E-state index is -0.871. The van der Waals surface area contributed by atoms with Gasteiger partial charge in [0.25, 0.3) is 0 Å². The van der Waals surface area contributed by atoms with Crippen LogP contribution < -0.4 is 15.4 Å². The van der Waals surface area contributed by atoms with Gasteiger partial charge in [-0.05, 0) is 62.1 Å². The Labute approximate surface area is 268 Å². The van der Waals surface area contributed by atoms with Gasteiger partial charge in [0.2, 0.25) is 17.7 Å². The Balaban J connectivity index is 1.31. The molecule has 3 aliphatic heterocycles. The average Bonchev–Trinajstić information content (AvgIpc) is 3.72. The van der Waals surface area contributed by atoms with Crippen molar-refractivity contribution in [2.24, 2.45) is 17.8 Å². The van der Waals surface area contributed by atoms with E-state index in [2.05, 4.69) is 36.9 Å². The minimum Gasteiger partial charge on any atom is -0.494 e. The number of ether oxygens (including phenoxy) is 1. The second-order valence-electron chi connectivity index (χ2n) is 12.1. The second-order valence-corrected chi connectivity index (χ2v) is 14.8. The van der Waals surface area contributed by atoms with Crippen molar-refractivity contribution in [3.05, 3.63) is 48.5 Å². The zero-order valence-electron chi connectivity index (χ0n) is 24.9. The van der Waals surface area contributed by atoms with Gasteiger partial charge in [0, 0.05) is 15.8 Å². The highest BCUT2D eigenvalue weighted by Crippen LogP contribution is 2.68. The van der Waals surface area contributed by atoms with E-state index >= 15 is 0 Å². The summed E-state index contributed by atoms with van der Waals surface area (Å²) in [6.45, 7) is 6.28. The molecule has 44 heavy (non-hydrogen) atoms. The number of carbonyl (C=O) groups excluding carboxylic acids is 3. The number of amides is 3. The Morgan fingerprint density at radius 2 is 1.93 bits per heavy atom. The molecule has 2 bridgehead atoms. The fourth-order valence-corrected chi connectivity index (χ4v) is 10.8. The third kappa shape index (κ3) is 5.26. The second kappa shape index (κ2) is 12.3. The monoisotopic (exact) mass is 684 g/mol. The number of hydrogen-bond acceptors (Lipinski definition) is 8. The van der Waals surface area contributed by atoms with Crippen LogP contribution in [0, 0.1) is 17.8 Å². The fraction of sp³-hybridized carbons (Fsp3) is 0.516. The van der Waals surface area contributed by atoms with Crippen LogP contribution in [0.1, 0.15) is 33.6 Å². The highest BCUT2D eigenvalue weighted by Gasteiger charge is 2.76. The van der Waals surface area contributed by atoms with Gasteiger partial charge in [-0.2, -0.15) is 0 Å². The van der Waals surface area contributed by atoms with Crippen molar-refractivity contribution < 1.29 is 24.2 Å². The number of benzene rings is 2. The number of aliphatic hydroxyl groups excluding tert-OH is 1. The van der Waals surface area contributed by atoms with Crippen molar-refractivity contribution in [1.82, 2.24) is 25.2 Å². The lowest BCUT2D eigenvalue weighted by molar-refractivity contribution is -0.142. The molecule has 2 aromatic carbocycles. The van der Waals surface area contributed by atoms with Gasteiger partial charge in [0.1, 0.15) is 24.0 Å². The summed E-state index contributed by atoms with van der Waals surface area (Å²) in [5, 5.41) is 24.7. The molecule has 234 valence electrons. The van der Waals surface area contributed by atoms with Gasteiger partial charge in [-0.3, -0.25) is 14.4 Å². The van der Waals surface area contributed by atoms with Crippen molar-refractivity contribution in [2.45, 2.75) is 67.2 Å². The van der Waals surface area contributed by atoms with Gasteiger partial charge in [-0.1, -0.05) is 47.1 Å². The van der Waals surface area contributed by atoms with E-state index in [1.54, 1.807) is 45.6 Å². The van der Waals surface area contributed by atoms with Gasteiger partial charge >= 0.3 is 0 Å². The predicted octanol–water partition coefficient (Wildman–Crippen LogP) is 3.41. The van der Waals surface area contributed by atoms with Crippen LogP contribution in [0.15, 0.2) is 48.5 Å². The molecule has 0 radical (unpaired) electrons. The molecule has 6 rings (SSSR count). The van der Waals surface area contributed by atoms with Crippen LogP contribution in [-0.2, 0) is 21.1 Å². The standard InChI is InChI=1S/C31H37BrN6O5S/c1-4-43-20-11-9-18(10-12-20)34-28(40)24-25-30(42)38(19(15-39)13-17(2)3)27(31(25)14-21(32)26(24)44-31)29(41)33-16-37-23-8-6-5-7-22(23)35-36-37/h5-12,17,19,21,24-27,39H,4,13-16H2,1-3H3,(H,33,41)(H,34,40)/t19-,21?,24-,25+,26-,27?,31?/m1/s1. The van der Waals surface area contributed by atoms with Gasteiger partial charge in [-0.15, -0.1) is 16.9 Å². The molecule has 3 N–H and O–H groups in total. The third-order valence-corrected chi connectivity index (χ3v) is 12.1. The number of para-hydroxylation sites is 1. The van der Waals surface area contributed by atoms with Crippen molar-refractivity contribution in [3.8, 4) is 5.75 Å². The molecule has 13 heteroatoms. The molecule has 3 unspecified atom stereocenters. The van der Waals surface area contributed by atoms with E-state index in [1.165, 1.54) is 0 Å². The van der Waals surface area contributed by atoms with E-state index in [0.29, 0.717) is 36.4 Å². The van der Waals surface area contributed by atoms with Gasteiger partial charge in [0.15, 0.2) is 0 Å². The summed E-state index contributed by atoms with van der Waals surface area (Å²) in [6, 6.07) is 13.2. The molecule has 0 saturated carbocycles. The number of hydrogen-bond donors (Lipinski definition) is 3. The first-order valence-corrected chi connectivity index (χ1v) is 16.8. The summed E-state index contributed by atoms with van der Waals surface area (Å²) in [7, 11) is 0. The van der Waals surface area contributed by atoms with Crippen LogP contribution in [0.5, 0.6) is 5.75 Å². The lowest BCUT2D eigenvalue weighted by Gasteiger charge is -2.37. The number of halogens is 1. The number of aromatic nitrogens is 3. The Kier molecular flexibility index (Phi) is 8.64. The molecule has 1 spiro atoms. The highest BCUT2D eigenvalue weighted by atomic mass is 79.9. The fourth-order valence-electron chi connectivity index (χ4n) is 7.19. The molecule has 11 nitrogen and oxygen atoms in total. The normalized spacial score (nSPS) is 28.0. The Hall–Kier alpha value is -3.16. The smallest absolute Gasteiger partial charge is 0.245 e. The van der Waals surface area contributed by atoms with Crippen LogP contribution in [0.4, 0.5) is 5.69 Å². The molecule has 1 aromatic heterocycles. The minimum absolute atomic E-state index is 0.0695. The number of fused-ring (bicyclic) bond motifs is 2. The lowest BCUT2D eigenvalue weighted by Crippen LogP contribution is -2.57. The van der Waals surface area contributed by atoms with E-state index in [-0.39, 0.29) is 47.0 Å². The first-order valence-electron chi connectivity index (χ1n) is 15.0. The summed E-state index contributed by atoms with van der Waals surface area (Å²) in [5.74, 6) is -1.33. The Bertz CT molecular complexity index is 1550. The largest absolute Gasteiger partial charge is 0.494 e. The number of rotatable bonds is 11. The molecule has 3 aliphatic rings. The lowest BCUT2D eigenvalue weighted by atomic mass is 9.70. The first-order chi connectivity index (χ1) is 21.2. The van der Waals surface area contributed by atoms with Gasteiger partial charge in [0.05, 0.1) is 41.4 Å². The molecule has 3 amide bonds.